The normalized spacial score (nSPS) is 13.8. The van der Waals surface area contributed by atoms with Crippen molar-refractivity contribution in [2.45, 2.75) is 97.2 Å². The number of carbonyl (C=O) groups is 6. The van der Waals surface area contributed by atoms with Gasteiger partial charge in [0.05, 0.1) is 30.7 Å². The number of ketones is 3. The second-order valence-electron chi connectivity index (χ2n) is 12.4. The van der Waals surface area contributed by atoms with Gasteiger partial charge >= 0.3 is 0 Å². The first-order chi connectivity index (χ1) is 23.4. The van der Waals surface area contributed by atoms with Gasteiger partial charge < -0.3 is 55.5 Å². The van der Waals surface area contributed by atoms with Gasteiger partial charge in [-0.05, 0) is 51.4 Å². The number of hydrogen-bond acceptors (Lipinski definition) is 10. The van der Waals surface area contributed by atoms with Crippen LogP contribution in [0.25, 0.3) is 0 Å². The number of hydrogen-bond donors (Lipinski definition) is 10. The topological polar surface area (TPSA) is 352 Å². The molecular weight excluding hydrogens is 652 g/mol. The fourth-order valence-corrected chi connectivity index (χ4v) is 4.98. The van der Waals surface area contributed by atoms with E-state index in [4.69, 9.17) is 34.4 Å². The molecule has 16 N–H and O–H groups in total. The van der Waals surface area contributed by atoms with Crippen molar-refractivity contribution in [1.29, 1.82) is 0 Å². The number of nitrogens with one attached hydrogen (secondary N) is 3. The molecule has 0 spiro atoms. The Bertz CT molecular complexity index is 1230. The lowest BCUT2D eigenvalue weighted by molar-refractivity contribution is -0.136. The third-order valence-electron chi connectivity index (χ3n) is 7.64. The van der Waals surface area contributed by atoms with Crippen LogP contribution in [0.1, 0.15) is 79.1 Å². The number of aliphatic imine (C=N–C) groups is 3. The maximum Gasteiger partial charge on any atom is 0.226 e. The fourth-order valence-electron chi connectivity index (χ4n) is 4.98. The van der Waals surface area contributed by atoms with Gasteiger partial charge in [-0.1, -0.05) is 13.8 Å². The largest absolute Gasteiger partial charge is 0.396 e. The van der Waals surface area contributed by atoms with Crippen molar-refractivity contribution in [1.82, 2.24) is 16.0 Å². The lowest BCUT2D eigenvalue weighted by Gasteiger charge is -2.25. The van der Waals surface area contributed by atoms with E-state index in [1.807, 2.05) is 0 Å². The molecule has 0 saturated carbocycles. The minimum atomic E-state index is -1.22. The molecule has 19 nitrogen and oxygen atoms in total. The third-order valence-corrected chi connectivity index (χ3v) is 7.64. The highest BCUT2D eigenvalue weighted by Crippen LogP contribution is 2.18. The van der Waals surface area contributed by atoms with Crippen molar-refractivity contribution in [2.24, 2.45) is 67.1 Å². The summed E-state index contributed by atoms with van der Waals surface area (Å²) < 4.78 is 0. The van der Waals surface area contributed by atoms with Gasteiger partial charge in [-0.15, -0.1) is 0 Å². The molecule has 0 aromatic rings. The molecule has 3 amide bonds. The van der Waals surface area contributed by atoms with Crippen molar-refractivity contribution in [3.8, 4) is 0 Å². The molecule has 0 aromatic heterocycles. The number of rotatable bonds is 26. The number of Topliss-reactive ketones (excluding diaryl/α,β-unsaturated/α-hetero) is 3. The SMILES string of the molecule is CC(=O)N[C@H](C(=O)C[C@@H](CO)C(=O)N[C@@H](CCCN=C(N)N)C(=O)C[C@@H](CCCN=C(N)N)C(=O)N[C@@H](CCCN=C(N)N)C(C)=O)C(C)C. The van der Waals surface area contributed by atoms with E-state index in [0.29, 0.717) is 12.8 Å². The van der Waals surface area contributed by atoms with E-state index in [1.165, 1.54) is 13.8 Å². The first kappa shape index (κ1) is 45.2. The Balaban J connectivity index is 6.14. The molecule has 0 unspecified atom stereocenters. The van der Waals surface area contributed by atoms with Crippen molar-refractivity contribution in [3.05, 3.63) is 0 Å². The number of carbonyl (C=O) groups excluding carboxylic acids is 6. The summed E-state index contributed by atoms with van der Waals surface area (Å²) in [7, 11) is 0. The minimum absolute atomic E-state index is 0.0666. The van der Waals surface area contributed by atoms with Crippen molar-refractivity contribution in [3.63, 3.8) is 0 Å². The minimum Gasteiger partial charge on any atom is -0.396 e. The summed E-state index contributed by atoms with van der Waals surface area (Å²) in [6.45, 7) is 5.91. The Kier molecular flexibility index (Phi) is 22.0. The molecule has 0 rings (SSSR count). The van der Waals surface area contributed by atoms with Gasteiger partial charge in [0.25, 0.3) is 0 Å². The highest BCUT2D eigenvalue weighted by molar-refractivity contribution is 5.96. The van der Waals surface area contributed by atoms with Crippen LogP contribution in [0.5, 0.6) is 0 Å². The number of aliphatic hydroxyl groups excluding tert-OH is 1. The first-order valence-corrected chi connectivity index (χ1v) is 16.6. The Morgan fingerprint density at radius 3 is 1.44 bits per heavy atom. The van der Waals surface area contributed by atoms with Gasteiger partial charge in [-0.25, -0.2) is 0 Å². The lowest BCUT2D eigenvalue weighted by Crippen LogP contribution is -2.49. The van der Waals surface area contributed by atoms with Gasteiger partial charge in [0, 0.05) is 45.3 Å². The molecule has 5 atom stereocenters. The second kappa shape index (κ2) is 24.3. The van der Waals surface area contributed by atoms with E-state index < -0.39 is 72.3 Å². The van der Waals surface area contributed by atoms with Gasteiger partial charge in [0.1, 0.15) is 0 Å². The molecule has 0 aliphatic heterocycles. The number of aliphatic hydroxyl groups is 1. The predicted molar refractivity (Wildman–Crippen MR) is 190 cm³/mol. The van der Waals surface area contributed by atoms with Crippen LogP contribution >= 0.6 is 0 Å². The lowest BCUT2D eigenvalue weighted by atomic mass is 9.90. The summed E-state index contributed by atoms with van der Waals surface area (Å²) in [5, 5.41) is 17.9. The van der Waals surface area contributed by atoms with Crippen LogP contribution in [-0.2, 0) is 28.8 Å². The fraction of sp³-hybridized carbons (Fsp3) is 0.710. The van der Waals surface area contributed by atoms with Gasteiger partial charge in [0.2, 0.25) is 17.7 Å². The molecule has 50 heavy (non-hydrogen) atoms. The highest BCUT2D eigenvalue weighted by atomic mass is 16.3. The molecule has 19 heteroatoms. The Morgan fingerprint density at radius 1 is 0.600 bits per heavy atom. The summed E-state index contributed by atoms with van der Waals surface area (Å²) in [6.07, 6.45) is 0.728. The third kappa shape index (κ3) is 19.9. The second-order valence-corrected chi connectivity index (χ2v) is 12.4. The quantitative estimate of drug-likeness (QED) is 0.0243. The first-order valence-electron chi connectivity index (χ1n) is 16.6. The summed E-state index contributed by atoms with van der Waals surface area (Å²) >= 11 is 0. The number of nitrogens with two attached hydrogens (primary N) is 6. The maximum atomic E-state index is 13.8. The van der Waals surface area contributed by atoms with Crippen molar-refractivity contribution in [2.75, 3.05) is 26.2 Å². The molecule has 0 aliphatic rings. The average molecular weight is 711 g/mol. The Labute approximate surface area is 293 Å². The number of guanidine groups is 3. The molecule has 0 bridgehead atoms. The zero-order valence-corrected chi connectivity index (χ0v) is 29.7. The van der Waals surface area contributed by atoms with Crippen LogP contribution in [-0.4, -0.2) is 102 Å². The summed E-state index contributed by atoms with van der Waals surface area (Å²) in [6, 6.07) is -2.89. The van der Waals surface area contributed by atoms with E-state index in [2.05, 4.69) is 30.9 Å². The summed E-state index contributed by atoms with van der Waals surface area (Å²) in [5.74, 6) is -5.88. The van der Waals surface area contributed by atoms with Crippen molar-refractivity contribution >= 4 is 52.9 Å². The summed E-state index contributed by atoms with van der Waals surface area (Å²) in [5.41, 5.74) is 32.4. The van der Waals surface area contributed by atoms with E-state index in [-0.39, 0.29) is 81.3 Å². The molecule has 0 aliphatic carbocycles. The number of nitrogens with zero attached hydrogens (tertiary/aromatic N) is 3. The van der Waals surface area contributed by atoms with E-state index in [9.17, 15) is 33.9 Å². The Hall–Kier alpha value is -4.81. The van der Waals surface area contributed by atoms with Crippen LogP contribution in [0.2, 0.25) is 0 Å². The number of amides is 3. The van der Waals surface area contributed by atoms with Crippen LogP contribution in [0.4, 0.5) is 0 Å². The molecule has 0 saturated heterocycles. The Morgan fingerprint density at radius 2 is 1.02 bits per heavy atom. The molecular formula is C31H58N12O7. The monoisotopic (exact) mass is 710 g/mol. The summed E-state index contributed by atoms with van der Waals surface area (Å²) in [4.78, 5) is 89.3. The van der Waals surface area contributed by atoms with Gasteiger partial charge in [0.15, 0.2) is 35.2 Å². The molecule has 0 fully saturated rings. The van der Waals surface area contributed by atoms with Crippen LogP contribution < -0.4 is 50.4 Å². The van der Waals surface area contributed by atoms with Crippen molar-refractivity contribution < 1.29 is 33.9 Å². The van der Waals surface area contributed by atoms with E-state index in [0.717, 1.165) is 0 Å². The predicted octanol–water partition coefficient (Wildman–Crippen LogP) is -2.99. The standard InChI is InChI=1S/C31H58N12O7/c1-17(2)26(41-19(4)46)25(48)15-21(16-44)28(50)43-23(10-7-13-40-31(36)37)24(47)14-20(8-5-11-38-29(32)33)27(49)42-22(18(3)45)9-6-12-39-30(34)35/h17,20-23,26,44H,5-16H2,1-4H3,(H,41,46)(H,42,49)(H,43,50)(H4,32,33,38)(H4,34,35,39)(H4,36,37,40)/t20-,21+,22+,23+,26+/m1/s1. The smallest absolute Gasteiger partial charge is 0.226 e. The molecule has 0 heterocycles. The average Bonchev–Trinajstić information content (AvgIpc) is 3.01. The molecule has 284 valence electrons. The zero-order valence-electron chi connectivity index (χ0n) is 29.7. The van der Waals surface area contributed by atoms with Crippen LogP contribution in [0, 0.1) is 17.8 Å². The van der Waals surface area contributed by atoms with Gasteiger partial charge in [-0.2, -0.15) is 0 Å². The van der Waals surface area contributed by atoms with E-state index in [1.54, 1.807) is 13.8 Å². The molecule has 0 radical (unpaired) electrons. The van der Waals surface area contributed by atoms with E-state index >= 15 is 0 Å². The van der Waals surface area contributed by atoms with Crippen LogP contribution in [0.15, 0.2) is 15.0 Å². The highest BCUT2D eigenvalue weighted by Gasteiger charge is 2.33. The van der Waals surface area contributed by atoms with Gasteiger partial charge in [-0.3, -0.25) is 43.7 Å². The van der Waals surface area contributed by atoms with Crippen LogP contribution in [0.3, 0.4) is 0 Å². The maximum absolute atomic E-state index is 13.8. The zero-order chi connectivity index (χ0) is 38.4. The molecule has 0 aromatic carbocycles.